The lowest BCUT2D eigenvalue weighted by molar-refractivity contribution is 0.0600. The van der Waals surface area contributed by atoms with Crippen LogP contribution in [0.4, 0.5) is 0 Å². The molecule has 0 bridgehead atoms. The number of nitrogens with one attached hydrogen (secondary N) is 1. The first-order valence-electron chi connectivity index (χ1n) is 8.71. The molecule has 6 nitrogen and oxygen atoms in total. The van der Waals surface area contributed by atoms with Crippen molar-refractivity contribution in [2.75, 3.05) is 27.7 Å². The highest BCUT2D eigenvalue weighted by molar-refractivity contribution is 7.89. The summed E-state index contributed by atoms with van der Waals surface area (Å²) in [6.45, 7) is 2.30. The minimum absolute atomic E-state index is 0.0317. The first kappa shape index (κ1) is 21.1. The van der Waals surface area contributed by atoms with Crippen LogP contribution < -0.4 is 4.72 Å². The summed E-state index contributed by atoms with van der Waals surface area (Å²) in [4.78, 5) is 13.6. The molecule has 0 aromatic heterocycles. The Morgan fingerprint density at radius 3 is 2.37 bits per heavy atom. The number of esters is 1. The highest BCUT2D eigenvalue weighted by Gasteiger charge is 2.21. The largest absolute Gasteiger partial charge is 0.465 e. The van der Waals surface area contributed by atoms with Gasteiger partial charge in [-0.3, -0.25) is 0 Å². The summed E-state index contributed by atoms with van der Waals surface area (Å²) >= 11 is 0. The number of methoxy groups -OCH3 is 1. The van der Waals surface area contributed by atoms with E-state index in [1.54, 1.807) is 0 Å². The molecule has 0 saturated heterocycles. The van der Waals surface area contributed by atoms with Crippen molar-refractivity contribution >= 4 is 16.0 Å². The standard InChI is InChI=1S/C20H26N2O4S/c1-5-15-9-11-16(12-10-15)19(22(2)3)14-21-27(24,25)18-8-6-7-17(13-18)20(23)26-4/h6-13,19,21H,5,14H2,1-4H3/t19-/m0/s1. The fourth-order valence-electron chi connectivity index (χ4n) is 2.75. The number of ether oxygens (including phenoxy) is 1. The summed E-state index contributed by atoms with van der Waals surface area (Å²) in [6, 6.07) is 13.8. The van der Waals surface area contributed by atoms with E-state index in [0.29, 0.717) is 0 Å². The predicted octanol–water partition coefficient (Wildman–Crippen LogP) is 2.62. The maximum absolute atomic E-state index is 12.7. The van der Waals surface area contributed by atoms with E-state index in [4.69, 9.17) is 0 Å². The maximum Gasteiger partial charge on any atom is 0.337 e. The molecule has 0 spiro atoms. The average Bonchev–Trinajstić information content (AvgIpc) is 2.67. The van der Waals surface area contributed by atoms with Gasteiger partial charge >= 0.3 is 5.97 Å². The van der Waals surface area contributed by atoms with E-state index >= 15 is 0 Å². The van der Waals surface area contributed by atoms with E-state index < -0.39 is 16.0 Å². The van der Waals surface area contributed by atoms with Gasteiger partial charge in [-0.1, -0.05) is 37.3 Å². The zero-order chi connectivity index (χ0) is 20.0. The fourth-order valence-corrected chi connectivity index (χ4v) is 3.84. The molecular weight excluding hydrogens is 364 g/mol. The van der Waals surface area contributed by atoms with Crippen molar-refractivity contribution in [1.29, 1.82) is 0 Å². The summed E-state index contributed by atoms with van der Waals surface area (Å²) < 4.78 is 32.6. The molecule has 0 amide bonds. The molecule has 0 heterocycles. The molecule has 2 aromatic carbocycles. The summed E-state index contributed by atoms with van der Waals surface area (Å²) in [7, 11) is 1.31. The zero-order valence-corrected chi connectivity index (χ0v) is 16.9. The van der Waals surface area contributed by atoms with Gasteiger partial charge in [0.1, 0.15) is 0 Å². The van der Waals surface area contributed by atoms with E-state index in [-0.39, 0.29) is 23.0 Å². The first-order valence-corrected chi connectivity index (χ1v) is 10.2. The van der Waals surface area contributed by atoms with Crippen molar-refractivity contribution in [2.24, 2.45) is 0 Å². The van der Waals surface area contributed by atoms with Gasteiger partial charge in [-0.2, -0.15) is 0 Å². The quantitative estimate of drug-likeness (QED) is 0.701. The fraction of sp³-hybridized carbons (Fsp3) is 0.350. The van der Waals surface area contributed by atoms with Crippen LogP contribution in [0.5, 0.6) is 0 Å². The lowest BCUT2D eigenvalue weighted by Crippen LogP contribution is -2.34. The van der Waals surface area contributed by atoms with Gasteiger partial charge in [0.2, 0.25) is 10.0 Å². The van der Waals surface area contributed by atoms with Gasteiger partial charge in [0.15, 0.2) is 0 Å². The van der Waals surface area contributed by atoms with Gasteiger partial charge in [0.05, 0.1) is 17.6 Å². The lowest BCUT2D eigenvalue weighted by Gasteiger charge is -2.25. The van der Waals surface area contributed by atoms with Crippen molar-refractivity contribution in [3.8, 4) is 0 Å². The molecule has 0 aliphatic heterocycles. The number of sulfonamides is 1. The molecule has 0 radical (unpaired) electrons. The summed E-state index contributed by atoms with van der Waals surface area (Å²) in [6.07, 6.45) is 0.954. The van der Waals surface area contributed by atoms with Crippen molar-refractivity contribution in [1.82, 2.24) is 9.62 Å². The Labute approximate surface area is 161 Å². The molecule has 2 aromatic rings. The number of rotatable bonds is 8. The third-order valence-electron chi connectivity index (χ3n) is 4.43. The number of hydrogen-bond acceptors (Lipinski definition) is 5. The Hall–Kier alpha value is -2.22. The molecule has 0 fully saturated rings. The van der Waals surface area contributed by atoms with Gasteiger partial charge in [0, 0.05) is 12.6 Å². The van der Waals surface area contributed by atoms with E-state index in [9.17, 15) is 13.2 Å². The van der Waals surface area contributed by atoms with Gasteiger partial charge in [-0.05, 0) is 49.8 Å². The molecule has 1 N–H and O–H groups in total. The monoisotopic (exact) mass is 390 g/mol. The molecule has 7 heteroatoms. The summed E-state index contributed by atoms with van der Waals surface area (Å²) in [5.41, 5.74) is 2.46. The van der Waals surface area contributed by atoms with E-state index in [1.165, 1.54) is 36.9 Å². The average molecular weight is 391 g/mol. The van der Waals surface area contributed by atoms with Gasteiger partial charge in [0.25, 0.3) is 0 Å². The second-order valence-corrected chi connectivity index (χ2v) is 8.21. The van der Waals surface area contributed by atoms with Crippen LogP contribution in [-0.4, -0.2) is 47.0 Å². The van der Waals surface area contributed by atoms with Crippen LogP contribution in [0.1, 0.15) is 34.5 Å². The summed E-state index contributed by atoms with van der Waals surface area (Å²) in [5.74, 6) is -0.575. The molecule has 27 heavy (non-hydrogen) atoms. The van der Waals surface area contributed by atoms with Crippen LogP contribution >= 0.6 is 0 Å². The van der Waals surface area contributed by atoms with Crippen LogP contribution in [0.2, 0.25) is 0 Å². The van der Waals surface area contributed by atoms with E-state index in [0.717, 1.165) is 12.0 Å². The SMILES string of the molecule is CCc1ccc([C@H](CNS(=O)(=O)c2cccc(C(=O)OC)c2)N(C)C)cc1. The van der Waals surface area contributed by atoms with Crippen molar-refractivity contribution in [2.45, 2.75) is 24.3 Å². The number of carbonyl (C=O) groups is 1. The Bertz CT molecular complexity index is 877. The summed E-state index contributed by atoms with van der Waals surface area (Å²) in [5, 5.41) is 0. The predicted molar refractivity (Wildman–Crippen MR) is 105 cm³/mol. The van der Waals surface area contributed by atoms with Gasteiger partial charge in [-0.15, -0.1) is 0 Å². The Morgan fingerprint density at radius 1 is 1.15 bits per heavy atom. The molecule has 0 aliphatic rings. The Balaban J connectivity index is 2.19. The molecular formula is C20H26N2O4S. The number of benzene rings is 2. The normalized spacial score (nSPS) is 12.8. The maximum atomic E-state index is 12.7. The highest BCUT2D eigenvalue weighted by Crippen LogP contribution is 2.20. The minimum atomic E-state index is -3.76. The molecule has 1 atom stereocenters. The smallest absolute Gasteiger partial charge is 0.337 e. The second-order valence-electron chi connectivity index (χ2n) is 6.45. The lowest BCUT2D eigenvalue weighted by atomic mass is 10.0. The number of carbonyl (C=O) groups excluding carboxylic acids is 1. The topological polar surface area (TPSA) is 75.7 Å². The van der Waals surface area contributed by atoms with Crippen LogP contribution in [0, 0.1) is 0 Å². The van der Waals surface area contributed by atoms with Crippen molar-refractivity contribution in [3.05, 3.63) is 65.2 Å². The van der Waals surface area contributed by atoms with Gasteiger partial charge in [-0.25, -0.2) is 17.9 Å². The van der Waals surface area contributed by atoms with Gasteiger partial charge < -0.3 is 9.64 Å². The first-order chi connectivity index (χ1) is 12.8. The van der Waals surface area contributed by atoms with Crippen LogP contribution in [0.25, 0.3) is 0 Å². The van der Waals surface area contributed by atoms with Crippen molar-refractivity contribution in [3.63, 3.8) is 0 Å². The van der Waals surface area contributed by atoms with Crippen LogP contribution in [0.15, 0.2) is 53.4 Å². The Morgan fingerprint density at radius 2 is 1.81 bits per heavy atom. The zero-order valence-electron chi connectivity index (χ0n) is 16.1. The third kappa shape index (κ3) is 5.38. The Kier molecular flexibility index (Phi) is 7.12. The molecule has 0 aliphatic carbocycles. The number of nitrogens with zero attached hydrogens (tertiary/aromatic N) is 1. The van der Waals surface area contributed by atoms with Crippen molar-refractivity contribution < 1.29 is 17.9 Å². The number of hydrogen-bond donors (Lipinski definition) is 1. The second kappa shape index (κ2) is 9.12. The molecule has 2 rings (SSSR count). The van der Waals surface area contributed by atoms with E-state index in [2.05, 4.69) is 28.5 Å². The molecule has 146 valence electrons. The minimum Gasteiger partial charge on any atom is -0.465 e. The highest BCUT2D eigenvalue weighted by atomic mass is 32.2. The van der Waals surface area contributed by atoms with E-state index in [1.807, 2.05) is 31.1 Å². The van der Waals surface area contributed by atoms with Crippen LogP contribution in [0.3, 0.4) is 0 Å². The third-order valence-corrected chi connectivity index (χ3v) is 5.85. The van der Waals surface area contributed by atoms with Crippen LogP contribution in [-0.2, 0) is 21.2 Å². The number of likely N-dealkylation sites (N-methyl/N-ethyl adjacent to an activating group) is 1. The molecule has 0 unspecified atom stereocenters. The number of aryl methyl sites for hydroxylation is 1. The molecule has 0 saturated carbocycles.